The van der Waals surface area contributed by atoms with Gasteiger partial charge in [0.15, 0.2) is 12.2 Å². The highest BCUT2D eigenvalue weighted by molar-refractivity contribution is 6.34. The van der Waals surface area contributed by atoms with E-state index in [9.17, 15) is 27.9 Å². The van der Waals surface area contributed by atoms with Crippen molar-refractivity contribution in [1.29, 1.82) is 0 Å². The van der Waals surface area contributed by atoms with Crippen LogP contribution in [0, 0.1) is 0 Å². The van der Waals surface area contributed by atoms with E-state index in [-0.39, 0.29) is 39.2 Å². The van der Waals surface area contributed by atoms with Gasteiger partial charge in [-0.2, -0.15) is 13.2 Å². The van der Waals surface area contributed by atoms with Crippen LogP contribution < -0.4 is 9.64 Å². The summed E-state index contributed by atoms with van der Waals surface area (Å²) in [5, 5.41) is 11.4. The molecule has 0 radical (unpaired) electrons. The summed E-state index contributed by atoms with van der Waals surface area (Å²) in [5.74, 6) is -2.36. The monoisotopic (exact) mass is 567 g/mol. The smallest absolute Gasteiger partial charge is 0.422 e. The van der Waals surface area contributed by atoms with Gasteiger partial charge in [-0.05, 0) is 52.6 Å². The normalized spacial score (nSPS) is 15.8. The number of hydrogen-bond acceptors (Lipinski definition) is 5. The van der Waals surface area contributed by atoms with Crippen molar-refractivity contribution in [3.63, 3.8) is 0 Å². The van der Waals surface area contributed by atoms with E-state index in [0.717, 1.165) is 12.1 Å². The Kier molecular flexibility index (Phi) is 7.40. The predicted octanol–water partition coefficient (Wildman–Crippen LogP) is 6.36. The average molecular weight is 568 g/mol. The van der Waals surface area contributed by atoms with E-state index in [1.54, 1.807) is 12.1 Å². The topological polar surface area (TPSA) is 76.1 Å². The zero-order valence-electron chi connectivity index (χ0n) is 20.4. The van der Waals surface area contributed by atoms with E-state index in [4.69, 9.17) is 27.9 Å². The molecule has 0 saturated carbocycles. The molecule has 38 heavy (non-hydrogen) atoms. The van der Waals surface area contributed by atoms with Crippen LogP contribution in [-0.4, -0.2) is 43.9 Å². The Bertz CT molecular complexity index is 1430. The van der Waals surface area contributed by atoms with Crippen LogP contribution in [0.3, 0.4) is 0 Å². The Hall–Kier alpha value is -3.27. The second kappa shape index (κ2) is 10.1. The number of aliphatic hydroxyl groups is 1. The van der Waals surface area contributed by atoms with Crippen molar-refractivity contribution >= 4 is 40.8 Å². The lowest BCUT2D eigenvalue weighted by Gasteiger charge is -2.38. The fourth-order valence-electron chi connectivity index (χ4n) is 4.42. The molecule has 2 unspecified atom stereocenters. The number of fused-ring (bicyclic) bond motifs is 1. The highest BCUT2D eigenvalue weighted by Gasteiger charge is 2.59. The van der Waals surface area contributed by atoms with Crippen molar-refractivity contribution in [1.82, 2.24) is 0 Å². The number of ether oxygens (including phenoxy) is 2. The third-order valence-electron chi connectivity index (χ3n) is 6.72. The highest BCUT2D eigenvalue weighted by atomic mass is 35.5. The van der Waals surface area contributed by atoms with Crippen LogP contribution in [0.4, 0.5) is 18.9 Å². The number of amides is 1. The molecular formula is C27H22Cl2F3NO5. The van der Waals surface area contributed by atoms with Crippen molar-refractivity contribution in [2.24, 2.45) is 0 Å². The van der Waals surface area contributed by atoms with Gasteiger partial charge in [-0.1, -0.05) is 54.4 Å². The molecule has 0 aromatic heterocycles. The summed E-state index contributed by atoms with van der Waals surface area (Å²) in [6, 6.07) is 12.5. The number of halogens is 5. The molecule has 2 atom stereocenters. The van der Waals surface area contributed by atoms with Gasteiger partial charge < -0.3 is 19.5 Å². The first-order valence-corrected chi connectivity index (χ1v) is 12.1. The van der Waals surface area contributed by atoms with Crippen LogP contribution in [0.5, 0.6) is 5.75 Å². The van der Waals surface area contributed by atoms with Crippen molar-refractivity contribution in [2.75, 3.05) is 25.7 Å². The Morgan fingerprint density at radius 2 is 1.68 bits per heavy atom. The van der Waals surface area contributed by atoms with Gasteiger partial charge in [0.25, 0.3) is 5.91 Å². The molecule has 3 aromatic carbocycles. The zero-order valence-corrected chi connectivity index (χ0v) is 21.9. The summed E-state index contributed by atoms with van der Waals surface area (Å²) < 4.78 is 53.6. The second-order valence-electron chi connectivity index (χ2n) is 8.83. The van der Waals surface area contributed by atoms with Gasteiger partial charge in [0.1, 0.15) is 5.75 Å². The van der Waals surface area contributed by atoms with E-state index in [0.29, 0.717) is 11.1 Å². The van der Waals surface area contributed by atoms with Gasteiger partial charge in [-0.3, -0.25) is 4.79 Å². The van der Waals surface area contributed by atoms with E-state index in [1.807, 2.05) is 0 Å². The summed E-state index contributed by atoms with van der Waals surface area (Å²) >= 11 is 12.7. The quantitative estimate of drug-likeness (QED) is 0.363. The molecule has 6 nitrogen and oxygen atoms in total. The SMILES string of the molecule is COC(=O)c1ccc(-c2ccc(C(C)C(O)(c3ccc4c(c3)N(C)C(=O)CO4)C(F)(F)F)c(Cl)c2)cc1Cl. The summed E-state index contributed by atoms with van der Waals surface area (Å²) in [4.78, 5) is 25.0. The number of methoxy groups -OCH3 is 1. The van der Waals surface area contributed by atoms with E-state index < -0.39 is 35.1 Å². The number of rotatable bonds is 5. The second-order valence-corrected chi connectivity index (χ2v) is 9.65. The minimum absolute atomic E-state index is 0.0144. The Balaban J connectivity index is 1.75. The molecule has 0 spiro atoms. The zero-order chi connectivity index (χ0) is 28.0. The number of benzene rings is 3. The number of alkyl halides is 3. The maximum Gasteiger partial charge on any atom is 0.422 e. The predicted molar refractivity (Wildman–Crippen MR) is 137 cm³/mol. The minimum atomic E-state index is -5.10. The third-order valence-corrected chi connectivity index (χ3v) is 7.36. The molecule has 1 aliphatic heterocycles. The average Bonchev–Trinajstić information content (AvgIpc) is 2.88. The standard InChI is InChI=1S/C27H22Cl2F3NO5/c1-14(18-7-4-15(10-20(18)28)16-5-8-19(21(29)11-16)25(35)37-3)26(36,27(30,31)32)17-6-9-23-22(12-17)33(2)24(34)13-38-23/h4-12,14,36H,13H2,1-3H3. The van der Waals surface area contributed by atoms with Gasteiger partial charge >= 0.3 is 12.1 Å². The van der Waals surface area contributed by atoms with Crippen LogP contribution in [0.25, 0.3) is 11.1 Å². The number of nitrogens with zero attached hydrogens (tertiary/aromatic N) is 1. The fraction of sp³-hybridized carbons (Fsp3) is 0.259. The summed E-state index contributed by atoms with van der Waals surface area (Å²) in [5.41, 5.74) is -2.39. The van der Waals surface area contributed by atoms with Crippen LogP contribution in [0.2, 0.25) is 10.0 Å². The van der Waals surface area contributed by atoms with Crippen LogP contribution in [0.15, 0.2) is 54.6 Å². The van der Waals surface area contributed by atoms with Crippen LogP contribution >= 0.6 is 23.2 Å². The van der Waals surface area contributed by atoms with E-state index in [2.05, 4.69) is 4.74 Å². The molecule has 0 bridgehead atoms. The molecule has 0 fully saturated rings. The number of anilines is 1. The Morgan fingerprint density at radius 1 is 1.05 bits per heavy atom. The first-order chi connectivity index (χ1) is 17.8. The molecular weight excluding hydrogens is 546 g/mol. The molecule has 3 aromatic rings. The lowest BCUT2D eigenvalue weighted by Crippen LogP contribution is -2.47. The Morgan fingerprint density at radius 3 is 2.26 bits per heavy atom. The Labute approximate surface area is 226 Å². The van der Waals surface area contributed by atoms with Gasteiger partial charge in [0, 0.05) is 18.0 Å². The number of carbonyl (C=O) groups excluding carboxylic acids is 2. The third kappa shape index (κ3) is 4.70. The number of hydrogen-bond donors (Lipinski definition) is 1. The number of esters is 1. The molecule has 1 amide bonds. The molecule has 200 valence electrons. The van der Waals surface area contributed by atoms with E-state index in [1.165, 1.54) is 56.3 Å². The lowest BCUT2D eigenvalue weighted by molar-refractivity contribution is -0.274. The maximum atomic E-state index is 14.5. The van der Waals surface area contributed by atoms with Gasteiger partial charge in [0.2, 0.25) is 0 Å². The van der Waals surface area contributed by atoms with Crippen molar-refractivity contribution in [2.45, 2.75) is 24.6 Å². The summed E-state index contributed by atoms with van der Waals surface area (Å²) in [6.07, 6.45) is -5.10. The van der Waals surface area contributed by atoms with Gasteiger partial charge in [0.05, 0.1) is 23.4 Å². The van der Waals surface area contributed by atoms with Crippen molar-refractivity contribution in [3.8, 4) is 16.9 Å². The molecule has 1 heterocycles. The molecule has 4 rings (SSSR count). The molecule has 1 N–H and O–H groups in total. The van der Waals surface area contributed by atoms with E-state index >= 15 is 0 Å². The van der Waals surface area contributed by atoms with Crippen LogP contribution in [-0.2, 0) is 15.1 Å². The van der Waals surface area contributed by atoms with Crippen molar-refractivity contribution in [3.05, 3.63) is 81.3 Å². The minimum Gasteiger partial charge on any atom is -0.482 e. The molecule has 1 aliphatic rings. The number of likely N-dealkylation sites (N-methyl/N-ethyl adjacent to an activating group) is 1. The summed E-state index contributed by atoms with van der Waals surface area (Å²) in [6.45, 7) is 0.989. The number of carbonyl (C=O) groups is 2. The summed E-state index contributed by atoms with van der Waals surface area (Å²) in [7, 11) is 2.65. The first kappa shape index (κ1) is 27.8. The van der Waals surface area contributed by atoms with Crippen molar-refractivity contribution < 1.29 is 37.3 Å². The fourth-order valence-corrected chi connectivity index (χ4v) is 5.02. The van der Waals surface area contributed by atoms with Crippen LogP contribution in [0.1, 0.15) is 34.3 Å². The highest BCUT2D eigenvalue weighted by Crippen LogP contribution is 2.51. The largest absolute Gasteiger partial charge is 0.482 e. The first-order valence-electron chi connectivity index (χ1n) is 11.3. The lowest BCUT2D eigenvalue weighted by atomic mass is 9.77. The molecule has 0 aliphatic carbocycles. The van der Waals surface area contributed by atoms with Gasteiger partial charge in [-0.25, -0.2) is 4.79 Å². The van der Waals surface area contributed by atoms with Gasteiger partial charge in [-0.15, -0.1) is 0 Å². The maximum absolute atomic E-state index is 14.5. The molecule has 0 saturated heterocycles. The molecule has 11 heteroatoms.